The number of aromatic nitrogens is 1. The first kappa shape index (κ1) is 9.03. The predicted molar refractivity (Wildman–Crippen MR) is 47.8 cm³/mol. The molecule has 6 heteroatoms. The standard InChI is InChI=1S/C8H6ClN3O2/c9-6-1-7(13)12(4-6)8-5(2-10)3-11-14-8/h3,6H,1,4H2. The molecule has 72 valence electrons. The van der Waals surface area contributed by atoms with Crippen LogP contribution in [0.4, 0.5) is 5.88 Å². The lowest BCUT2D eigenvalue weighted by atomic mass is 10.3. The van der Waals surface area contributed by atoms with Gasteiger partial charge in [-0.15, -0.1) is 11.6 Å². The van der Waals surface area contributed by atoms with Gasteiger partial charge in [-0.25, -0.2) is 0 Å². The van der Waals surface area contributed by atoms with Crippen LogP contribution in [-0.4, -0.2) is 23.0 Å². The van der Waals surface area contributed by atoms with Gasteiger partial charge in [0.05, 0.1) is 11.6 Å². The van der Waals surface area contributed by atoms with Gasteiger partial charge in [0.1, 0.15) is 11.6 Å². The van der Waals surface area contributed by atoms with Gasteiger partial charge in [-0.05, 0) is 0 Å². The number of anilines is 1. The van der Waals surface area contributed by atoms with Gasteiger partial charge in [-0.2, -0.15) is 5.26 Å². The Kier molecular flexibility index (Phi) is 2.14. The van der Waals surface area contributed by atoms with Gasteiger partial charge in [-0.3, -0.25) is 9.69 Å². The third-order valence-electron chi connectivity index (χ3n) is 1.99. The van der Waals surface area contributed by atoms with Crippen molar-refractivity contribution in [2.45, 2.75) is 11.8 Å². The molecule has 1 aromatic rings. The van der Waals surface area contributed by atoms with Gasteiger partial charge in [0, 0.05) is 13.0 Å². The molecule has 1 atom stereocenters. The fourth-order valence-electron chi connectivity index (χ4n) is 1.37. The van der Waals surface area contributed by atoms with Crippen molar-refractivity contribution >= 4 is 23.4 Å². The maximum atomic E-state index is 11.4. The van der Waals surface area contributed by atoms with E-state index in [0.29, 0.717) is 6.54 Å². The molecular formula is C8H6ClN3O2. The van der Waals surface area contributed by atoms with Crippen LogP contribution >= 0.6 is 11.6 Å². The molecule has 2 rings (SSSR count). The van der Waals surface area contributed by atoms with E-state index in [4.69, 9.17) is 21.4 Å². The van der Waals surface area contributed by atoms with E-state index in [9.17, 15) is 4.79 Å². The Hall–Kier alpha value is -1.54. The lowest BCUT2D eigenvalue weighted by molar-refractivity contribution is -0.117. The van der Waals surface area contributed by atoms with E-state index in [-0.39, 0.29) is 29.2 Å². The van der Waals surface area contributed by atoms with Gasteiger partial charge in [0.2, 0.25) is 5.91 Å². The van der Waals surface area contributed by atoms with Crippen molar-refractivity contribution in [2.24, 2.45) is 0 Å². The number of hydrogen-bond donors (Lipinski definition) is 0. The topological polar surface area (TPSA) is 70.1 Å². The minimum Gasteiger partial charge on any atom is -0.337 e. The fraction of sp³-hybridized carbons (Fsp3) is 0.375. The first-order valence-corrected chi connectivity index (χ1v) is 4.45. The highest BCUT2D eigenvalue weighted by atomic mass is 35.5. The Morgan fingerprint density at radius 3 is 3.14 bits per heavy atom. The second-order valence-electron chi connectivity index (χ2n) is 2.96. The average Bonchev–Trinajstić information content (AvgIpc) is 2.71. The molecule has 14 heavy (non-hydrogen) atoms. The number of alkyl halides is 1. The summed E-state index contributed by atoms with van der Waals surface area (Å²) in [6.45, 7) is 0.365. The van der Waals surface area contributed by atoms with Crippen LogP contribution in [0, 0.1) is 11.3 Å². The first-order chi connectivity index (χ1) is 6.72. The summed E-state index contributed by atoms with van der Waals surface area (Å²) < 4.78 is 4.83. The summed E-state index contributed by atoms with van der Waals surface area (Å²) in [7, 11) is 0. The molecule has 0 N–H and O–H groups in total. The molecule has 0 radical (unpaired) electrons. The van der Waals surface area contributed by atoms with E-state index in [1.165, 1.54) is 11.1 Å². The molecule has 1 aliphatic heterocycles. The Balaban J connectivity index is 2.32. The van der Waals surface area contributed by atoms with Crippen LogP contribution in [0.3, 0.4) is 0 Å². The van der Waals surface area contributed by atoms with E-state index in [0.717, 1.165) is 0 Å². The highest BCUT2D eigenvalue weighted by Gasteiger charge is 2.33. The van der Waals surface area contributed by atoms with Crippen molar-refractivity contribution in [3.8, 4) is 6.07 Å². The minimum absolute atomic E-state index is 0.141. The molecule has 1 fully saturated rings. The van der Waals surface area contributed by atoms with Crippen LogP contribution < -0.4 is 4.90 Å². The Morgan fingerprint density at radius 1 is 1.79 bits per heavy atom. The molecule has 0 aromatic carbocycles. The fourth-order valence-corrected chi connectivity index (χ4v) is 1.64. The van der Waals surface area contributed by atoms with Crippen molar-refractivity contribution in [3.05, 3.63) is 11.8 Å². The maximum absolute atomic E-state index is 11.4. The number of hydrogen-bond acceptors (Lipinski definition) is 4. The molecule has 1 unspecified atom stereocenters. The average molecular weight is 212 g/mol. The highest BCUT2D eigenvalue weighted by Crippen LogP contribution is 2.26. The smallest absolute Gasteiger partial charge is 0.251 e. The number of halogens is 1. The summed E-state index contributed by atoms with van der Waals surface area (Å²) in [4.78, 5) is 12.7. The summed E-state index contributed by atoms with van der Waals surface area (Å²) in [6, 6.07) is 1.89. The van der Waals surface area contributed by atoms with Crippen LogP contribution in [0.5, 0.6) is 0 Å². The molecule has 0 spiro atoms. The van der Waals surface area contributed by atoms with Crippen molar-refractivity contribution in [3.63, 3.8) is 0 Å². The van der Waals surface area contributed by atoms with Crippen LogP contribution in [-0.2, 0) is 4.79 Å². The van der Waals surface area contributed by atoms with E-state index in [1.807, 2.05) is 6.07 Å². The Morgan fingerprint density at radius 2 is 2.57 bits per heavy atom. The summed E-state index contributed by atoms with van der Waals surface area (Å²) in [5, 5.41) is 11.9. The molecule has 1 saturated heterocycles. The van der Waals surface area contributed by atoms with Gasteiger partial charge in [-0.1, -0.05) is 5.16 Å². The number of rotatable bonds is 1. The zero-order valence-corrected chi connectivity index (χ0v) is 7.86. The van der Waals surface area contributed by atoms with Gasteiger partial charge >= 0.3 is 0 Å². The predicted octanol–water partition coefficient (Wildman–Crippen LogP) is 0.890. The minimum atomic E-state index is -0.223. The number of carbonyl (C=O) groups excluding carboxylic acids is 1. The quantitative estimate of drug-likeness (QED) is 0.647. The molecule has 0 bridgehead atoms. The largest absolute Gasteiger partial charge is 0.337 e. The van der Waals surface area contributed by atoms with Crippen LogP contribution in [0.1, 0.15) is 12.0 Å². The zero-order valence-electron chi connectivity index (χ0n) is 7.11. The van der Waals surface area contributed by atoms with Crippen molar-refractivity contribution in [1.29, 1.82) is 5.26 Å². The lowest BCUT2D eigenvalue weighted by Crippen LogP contribution is -2.24. The SMILES string of the molecule is N#Cc1cnoc1N1CC(Cl)CC1=O. The summed E-state index contributed by atoms with van der Waals surface area (Å²) in [5.41, 5.74) is 0.254. The molecular weight excluding hydrogens is 206 g/mol. The molecule has 1 aromatic heterocycles. The first-order valence-electron chi connectivity index (χ1n) is 4.01. The van der Waals surface area contributed by atoms with Crippen LogP contribution in [0.25, 0.3) is 0 Å². The van der Waals surface area contributed by atoms with E-state index >= 15 is 0 Å². The number of amides is 1. The molecule has 2 heterocycles. The van der Waals surface area contributed by atoms with Crippen molar-refractivity contribution in [2.75, 3.05) is 11.4 Å². The maximum Gasteiger partial charge on any atom is 0.251 e. The van der Waals surface area contributed by atoms with Gasteiger partial charge in [0.15, 0.2) is 0 Å². The second-order valence-corrected chi connectivity index (χ2v) is 3.58. The van der Waals surface area contributed by atoms with Crippen LogP contribution in [0.2, 0.25) is 0 Å². The number of carbonyl (C=O) groups is 1. The normalized spacial score (nSPS) is 21.3. The van der Waals surface area contributed by atoms with Crippen molar-refractivity contribution < 1.29 is 9.32 Å². The van der Waals surface area contributed by atoms with Crippen LogP contribution in [0.15, 0.2) is 10.7 Å². The van der Waals surface area contributed by atoms with Gasteiger partial charge in [0.25, 0.3) is 5.88 Å². The third-order valence-corrected chi connectivity index (χ3v) is 2.29. The van der Waals surface area contributed by atoms with E-state index in [2.05, 4.69) is 5.16 Å². The number of nitriles is 1. The molecule has 5 nitrogen and oxygen atoms in total. The van der Waals surface area contributed by atoms with E-state index in [1.54, 1.807) is 0 Å². The Bertz CT molecular complexity index is 409. The molecule has 1 aliphatic rings. The second kappa shape index (κ2) is 3.31. The summed E-state index contributed by atoms with van der Waals surface area (Å²) in [5.74, 6) is 0.0545. The van der Waals surface area contributed by atoms with Gasteiger partial charge < -0.3 is 4.52 Å². The van der Waals surface area contributed by atoms with E-state index < -0.39 is 0 Å². The molecule has 0 saturated carbocycles. The molecule has 0 aliphatic carbocycles. The third kappa shape index (κ3) is 1.34. The molecule has 1 amide bonds. The Labute approximate surface area is 84.8 Å². The lowest BCUT2D eigenvalue weighted by Gasteiger charge is -2.10. The summed E-state index contributed by atoms with van der Waals surface area (Å²) in [6.07, 6.45) is 1.55. The number of nitrogens with zero attached hydrogens (tertiary/aromatic N) is 3. The zero-order chi connectivity index (χ0) is 10.1. The monoisotopic (exact) mass is 211 g/mol. The highest BCUT2D eigenvalue weighted by molar-refractivity contribution is 6.24. The van der Waals surface area contributed by atoms with Crippen molar-refractivity contribution in [1.82, 2.24) is 5.16 Å². The summed E-state index contributed by atoms with van der Waals surface area (Å²) >= 11 is 5.81.